The summed E-state index contributed by atoms with van der Waals surface area (Å²) >= 11 is 5.68. The second-order valence-corrected chi connectivity index (χ2v) is 6.39. The van der Waals surface area contributed by atoms with Crippen LogP contribution in [0, 0.1) is 0 Å². The molecule has 0 N–H and O–H groups in total. The quantitative estimate of drug-likeness (QED) is 0.781. The van der Waals surface area contributed by atoms with Crippen molar-refractivity contribution in [1.82, 2.24) is 9.80 Å². The van der Waals surface area contributed by atoms with Crippen LogP contribution in [0.15, 0.2) is 24.3 Å². The van der Waals surface area contributed by atoms with Crippen molar-refractivity contribution in [2.45, 2.75) is 32.4 Å². The Kier molecular flexibility index (Phi) is 6.09. The van der Waals surface area contributed by atoms with Crippen LogP contribution in [-0.2, 0) is 4.79 Å². The maximum atomic E-state index is 12.1. The molecule has 1 aromatic rings. The average molecular weight is 325 g/mol. The second-order valence-electron chi connectivity index (χ2n) is 6.01. The average Bonchev–Trinajstić information content (AvgIpc) is 2.48. The molecule has 5 heteroatoms. The Morgan fingerprint density at radius 2 is 2.00 bits per heavy atom. The Labute approximate surface area is 138 Å². The minimum Gasteiger partial charge on any atom is -0.491 e. The Morgan fingerprint density at radius 1 is 1.32 bits per heavy atom. The van der Waals surface area contributed by atoms with Crippen LogP contribution in [0.2, 0.25) is 0 Å². The monoisotopic (exact) mass is 324 g/mol. The largest absolute Gasteiger partial charge is 0.491 e. The summed E-state index contributed by atoms with van der Waals surface area (Å²) in [6, 6.07) is 8.41. The van der Waals surface area contributed by atoms with Crippen molar-refractivity contribution in [3.8, 4) is 5.75 Å². The third-order valence-corrected chi connectivity index (χ3v) is 4.13. The Balaban J connectivity index is 2.06. The number of piperazine rings is 1. The van der Waals surface area contributed by atoms with E-state index in [4.69, 9.17) is 16.3 Å². The van der Waals surface area contributed by atoms with Gasteiger partial charge in [-0.15, -0.1) is 11.6 Å². The number of rotatable bonds is 5. The summed E-state index contributed by atoms with van der Waals surface area (Å²) in [5.41, 5.74) is 1.21. The molecule has 2 rings (SSSR count). The molecule has 1 atom stereocenters. The van der Waals surface area contributed by atoms with Crippen molar-refractivity contribution < 1.29 is 9.53 Å². The van der Waals surface area contributed by atoms with Gasteiger partial charge in [-0.1, -0.05) is 12.1 Å². The van der Waals surface area contributed by atoms with Gasteiger partial charge in [0.25, 0.3) is 0 Å². The van der Waals surface area contributed by atoms with E-state index in [1.54, 1.807) is 0 Å². The van der Waals surface area contributed by atoms with Crippen LogP contribution in [0.4, 0.5) is 0 Å². The van der Waals surface area contributed by atoms with Gasteiger partial charge >= 0.3 is 0 Å². The summed E-state index contributed by atoms with van der Waals surface area (Å²) in [6.07, 6.45) is 0.589. The minimum absolute atomic E-state index is 0.146. The highest BCUT2D eigenvalue weighted by molar-refractivity contribution is 6.18. The van der Waals surface area contributed by atoms with Gasteiger partial charge in [-0.2, -0.15) is 0 Å². The summed E-state index contributed by atoms with van der Waals surface area (Å²) in [7, 11) is 2.10. The predicted molar refractivity (Wildman–Crippen MR) is 89.5 cm³/mol. The summed E-state index contributed by atoms with van der Waals surface area (Å²) < 4.78 is 5.68. The first kappa shape index (κ1) is 17.1. The van der Waals surface area contributed by atoms with E-state index in [2.05, 4.69) is 24.1 Å². The lowest BCUT2D eigenvalue weighted by atomic mass is 10.0. The summed E-state index contributed by atoms with van der Waals surface area (Å²) in [5, 5.41) is 0. The number of hydrogen-bond donors (Lipinski definition) is 0. The van der Waals surface area contributed by atoms with Crippen LogP contribution in [0.5, 0.6) is 5.75 Å². The van der Waals surface area contributed by atoms with E-state index < -0.39 is 0 Å². The molecule has 1 unspecified atom stereocenters. The molecule has 1 fully saturated rings. The normalized spacial score (nSPS) is 19.5. The number of alkyl halides is 1. The molecule has 0 spiro atoms. The van der Waals surface area contributed by atoms with Gasteiger partial charge in [0, 0.05) is 31.9 Å². The molecule has 0 aliphatic carbocycles. The van der Waals surface area contributed by atoms with Crippen molar-refractivity contribution in [2.75, 3.05) is 32.6 Å². The molecule has 122 valence electrons. The topological polar surface area (TPSA) is 32.8 Å². The van der Waals surface area contributed by atoms with Crippen molar-refractivity contribution in [3.63, 3.8) is 0 Å². The molecule has 4 nitrogen and oxygen atoms in total. The first-order chi connectivity index (χ1) is 10.5. The maximum absolute atomic E-state index is 12.1. The SMILES string of the molecule is CC(C)Oc1ccc(C2CN(C(=O)CCCl)CCN2C)cc1. The number of carbonyl (C=O) groups excluding carboxylic acids is 1. The highest BCUT2D eigenvalue weighted by atomic mass is 35.5. The zero-order chi connectivity index (χ0) is 16.1. The highest BCUT2D eigenvalue weighted by Gasteiger charge is 2.28. The van der Waals surface area contributed by atoms with Crippen LogP contribution in [0.1, 0.15) is 31.9 Å². The number of benzene rings is 1. The summed E-state index contributed by atoms with van der Waals surface area (Å²) in [5.74, 6) is 1.41. The maximum Gasteiger partial charge on any atom is 0.223 e. The van der Waals surface area contributed by atoms with Gasteiger partial charge in [0.05, 0.1) is 12.1 Å². The minimum atomic E-state index is 0.146. The fourth-order valence-electron chi connectivity index (χ4n) is 2.74. The molecule has 0 saturated carbocycles. The molecule has 1 amide bonds. The number of hydrogen-bond acceptors (Lipinski definition) is 3. The molecule has 1 aromatic carbocycles. The van der Waals surface area contributed by atoms with Crippen LogP contribution >= 0.6 is 11.6 Å². The van der Waals surface area contributed by atoms with E-state index in [1.165, 1.54) is 5.56 Å². The third kappa shape index (κ3) is 4.37. The van der Waals surface area contributed by atoms with Gasteiger partial charge in [0.1, 0.15) is 5.75 Å². The van der Waals surface area contributed by atoms with Crippen LogP contribution in [-0.4, -0.2) is 54.4 Å². The molecule has 22 heavy (non-hydrogen) atoms. The Morgan fingerprint density at radius 3 is 2.59 bits per heavy atom. The Hall–Kier alpha value is -1.26. The van der Waals surface area contributed by atoms with E-state index in [9.17, 15) is 4.79 Å². The van der Waals surface area contributed by atoms with Gasteiger partial charge in [0.15, 0.2) is 0 Å². The van der Waals surface area contributed by atoms with Crippen LogP contribution in [0.25, 0.3) is 0 Å². The van der Waals surface area contributed by atoms with Crippen molar-refractivity contribution in [2.24, 2.45) is 0 Å². The lowest BCUT2D eigenvalue weighted by Crippen LogP contribution is -2.49. The molecule has 0 radical (unpaired) electrons. The lowest BCUT2D eigenvalue weighted by molar-refractivity contribution is -0.133. The lowest BCUT2D eigenvalue weighted by Gasteiger charge is -2.39. The van der Waals surface area contributed by atoms with Gasteiger partial charge in [-0.3, -0.25) is 9.69 Å². The zero-order valence-electron chi connectivity index (χ0n) is 13.6. The van der Waals surface area contributed by atoms with E-state index >= 15 is 0 Å². The van der Waals surface area contributed by atoms with Gasteiger partial charge in [-0.05, 0) is 38.6 Å². The van der Waals surface area contributed by atoms with Crippen LogP contribution in [0.3, 0.4) is 0 Å². The predicted octanol–water partition coefficient (Wildman–Crippen LogP) is 2.92. The van der Waals surface area contributed by atoms with Crippen LogP contribution < -0.4 is 4.74 Å². The number of halogens is 1. The smallest absolute Gasteiger partial charge is 0.223 e. The van der Waals surface area contributed by atoms with E-state index in [0.29, 0.717) is 12.3 Å². The first-order valence-electron chi connectivity index (χ1n) is 7.82. The standard InChI is InChI=1S/C17H25ClN2O2/c1-13(2)22-15-6-4-14(5-7-15)16-12-20(11-10-19(16)3)17(21)8-9-18/h4-7,13,16H,8-12H2,1-3H3. The summed E-state index contributed by atoms with van der Waals surface area (Å²) in [4.78, 5) is 16.3. The molecule has 1 aliphatic rings. The van der Waals surface area contributed by atoms with E-state index in [-0.39, 0.29) is 18.1 Å². The van der Waals surface area contributed by atoms with Crippen molar-refractivity contribution >= 4 is 17.5 Å². The zero-order valence-corrected chi connectivity index (χ0v) is 14.3. The number of likely N-dealkylation sites (N-methyl/N-ethyl adjacent to an activating group) is 1. The second kappa shape index (κ2) is 7.84. The highest BCUT2D eigenvalue weighted by Crippen LogP contribution is 2.26. The molecule has 1 heterocycles. The molecule has 1 saturated heterocycles. The van der Waals surface area contributed by atoms with Gasteiger partial charge in [-0.25, -0.2) is 0 Å². The number of ether oxygens (including phenoxy) is 1. The fraction of sp³-hybridized carbons (Fsp3) is 0.588. The molecular formula is C17H25ClN2O2. The van der Waals surface area contributed by atoms with E-state index in [1.807, 2.05) is 30.9 Å². The number of nitrogens with zero attached hydrogens (tertiary/aromatic N) is 2. The first-order valence-corrected chi connectivity index (χ1v) is 8.35. The van der Waals surface area contributed by atoms with E-state index in [0.717, 1.165) is 25.4 Å². The molecular weight excluding hydrogens is 300 g/mol. The number of carbonyl (C=O) groups is 1. The van der Waals surface area contributed by atoms with Crippen molar-refractivity contribution in [1.29, 1.82) is 0 Å². The van der Waals surface area contributed by atoms with Gasteiger partial charge in [0.2, 0.25) is 5.91 Å². The third-order valence-electron chi connectivity index (χ3n) is 3.95. The molecule has 1 aliphatic heterocycles. The Bertz CT molecular complexity index is 490. The summed E-state index contributed by atoms with van der Waals surface area (Å²) in [6.45, 7) is 6.41. The number of amides is 1. The molecule has 0 aromatic heterocycles. The fourth-order valence-corrected chi connectivity index (χ4v) is 2.90. The molecule has 0 bridgehead atoms. The van der Waals surface area contributed by atoms with Crippen molar-refractivity contribution in [3.05, 3.63) is 29.8 Å². The van der Waals surface area contributed by atoms with Gasteiger partial charge < -0.3 is 9.64 Å².